The van der Waals surface area contributed by atoms with Gasteiger partial charge >= 0.3 is 0 Å². The predicted molar refractivity (Wildman–Crippen MR) is 165 cm³/mol. The minimum Gasteiger partial charge on any atom is -0.497 e. The molecule has 0 saturated heterocycles. The van der Waals surface area contributed by atoms with Crippen LogP contribution in [-0.2, 0) is 6.42 Å². The first kappa shape index (κ1) is 26.4. The molecule has 0 saturated carbocycles. The Hall–Kier alpha value is -4.80. The Morgan fingerprint density at radius 2 is 1.00 bits per heavy atom. The highest BCUT2D eigenvalue weighted by molar-refractivity contribution is 7.71. The summed E-state index contributed by atoms with van der Waals surface area (Å²) in [5.74, 6) is 1.37. The van der Waals surface area contributed by atoms with Crippen LogP contribution in [0.5, 0.6) is 11.5 Å². The molecule has 2 aromatic heterocycles. The van der Waals surface area contributed by atoms with Crippen LogP contribution in [0, 0.1) is 9.54 Å². The lowest BCUT2D eigenvalue weighted by molar-refractivity contribution is 0.414. The summed E-state index contributed by atoms with van der Waals surface area (Å²) < 4.78 is 14.0. The topological polar surface area (TPSA) is 94.0 Å². The molecular formula is C31H24N4O4S2. The number of methoxy groups -OCH3 is 2. The number of hydrogen-bond acceptors (Lipinski definition) is 6. The molecule has 4 aromatic carbocycles. The summed E-state index contributed by atoms with van der Waals surface area (Å²) in [6.07, 6.45) is 0.515. The molecule has 41 heavy (non-hydrogen) atoms. The van der Waals surface area contributed by atoms with Gasteiger partial charge in [-0.2, -0.15) is 0 Å². The van der Waals surface area contributed by atoms with Crippen molar-refractivity contribution in [1.82, 2.24) is 19.1 Å². The van der Waals surface area contributed by atoms with Crippen molar-refractivity contribution in [3.05, 3.63) is 126 Å². The third-order valence-corrected chi connectivity index (χ3v) is 7.56. The largest absolute Gasteiger partial charge is 0.497 e. The quantitative estimate of drug-likeness (QED) is 0.234. The Balaban J connectivity index is 1.40. The molecule has 0 fully saturated rings. The number of nitrogens with zero attached hydrogens (tertiary/aromatic N) is 2. The van der Waals surface area contributed by atoms with Gasteiger partial charge in [0.15, 0.2) is 9.54 Å². The Morgan fingerprint density at radius 3 is 1.37 bits per heavy atom. The number of rotatable bonds is 6. The maximum absolute atomic E-state index is 13.6. The molecule has 204 valence electrons. The molecule has 2 heterocycles. The summed E-state index contributed by atoms with van der Waals surface area (Å²) in [6.45, 7) is 0. The third-order valence-electron chi connectivity index (χ3n) is 6.99. The van der Waals surface area contributed by atoms with Gasteiger partial charge in [0.2, 0.25) is 0 Å². The lowest BCUT2D eigenvalue weighted by Gasteiger charge is -2.11. The van der Waals surface area contributed by atoms with E-state index in [0.29, 0.717) is 60.6 Å². The highest BCUT2D eigenvalue weighted by Gasteiger charge is 2.12. The number of benzene rings is 4. The first-order valence-corrected chi connectivity index (χ1v) is 13.5. The number of H-pyrrole nitrogens is 2. The molecule has 0 aliphatic rings. The SMILES string of the molecule is COc1ccc(-n2c(=S)[nH]c3ccc(Cc4ccc5[nH]c(=S)n(-c6ccc(OC)cc6)c(=O)c5c4)cc3c2=O)cc1. The number of ether oxygens (including phenoxy) is 2. The van der Waals surface area contributed by atoms with Gasteiger partial charge in [0.1, 0.15) is 11.5 Å². The van der Waals surface area contributed by atoms with Gasteiger partial charge in [-0.15, -0.1) is 0 Å². The molecule has 0 aliphatic heterocycles. The van der Waals surface area contributed by atoms with Crippen molar-refractivity contribution in [2.24, 2.45) is 0 Å². The molecule has 0 aliphatic carbocycles. The number of hydrogen-bond donors (Lipinski definition) is 2. The van der Waals surface area contributed by atoms with Crippen LogP contribution >= 0.6 is 24.4 Å². The van der Waals surface area contributed by atoms with Crippen LogP contribution in [0.15, 0.2) is 94.5 Å². The summed E-state index contributed by atoms with van der Waals surface area (Å²) >= 11 is 11.0. The van der Waals surface area contributed by atoms with E-state index in [9.17, 15) is 9.59 Å². The maximum Gasteiger partial charge on any atom is 0.266 e. The fraction of sp³-hybridized carbons (Fsp3) is 0.0968. The zero-order valence-corrected chi connectivity index (χ0v) is 23.8. The Kier molecular flexibility index (Phi) is 6.86. The van der Waals surface area contributed by atoms with Crippen LogP contribution in [0.2, 0.25) is 0 Å². The van der Waals surface area contributed by atoms with Crippen molar-refractivity contribution in [3.8, 4) is 22.9 Å². The summed E-state index contributed by atoms with van der Waals surface area (Å²) in [5.41, 5.74) is 3.99. The third kappa shape index (κ3) is 4.88. The molecule has 0 atom stereocenters. The fourth-order valence-electron chi connectivity index (χ4n) is 4.91. The zero-order valence-electron chi connectivity index (χ0n) is 22.1. The predicted octanol–water partition coefficient (Wildman–Crippen LogP) is 6.02. The summed E-state index contributed by atoms with van der Waals surface area (Å²) in [4.78, 5) is 33.4. The van der Waals surface area contributed by atoms with Crippen molar-refractivity contribution < 1.29 is 9.47 Å². The van der Waals surface area contributed by atoms with E-state index in [4.69, 9.17) is 33.9 Å². The second kappa shape index (κ2) is 10.6. The van der Waals surface area contributed by atoms with E-state index in [2.05, 4.69) is 9.97 Å². The molecule has 0 unspecified atom stereocenters. The molecule has 0 amide bonds. The minimum absolute atomic E-state index is 0.218. The van der Waals surface area contributed by atoms with Gasteiger partial charge in [0, 0.05) is 0 Å². The van der Waals surface area contributed by atoms with E-state index < -0.39 is 0 Å². The Bertz CT molecular complexity index is 2020. The van der Waals surface area contributed by atoms with Gasteiger partial charge in [-0.25, -0.2) is 0 Å². The van der Waals surface area contributed by atoms with Gasteiger partial charge in [0.25, 0.3) is 11.1 Å². The molecule has 6 aromatic rings. The van der Waals surface area contributed by atoms with Crippen molar-refractivity contribution in [1.29, 1.82) is 0 Å². The number of aromatic amines is 2. The second-order valence-corrected chi connectivity index (χ2v) is 10.2. The number of fused-ring (bicyclic) bond motifs is 2. The first-order valence-electron chi connectivity index (χ1n) is 12.7. The molecule has 2 N–H and O–H groups in total. The van der Waals surface area contributed by atoms with E-state index in [1.165, 1.54) is 9.13 Å². The van der Waals surface area contributed by atoms with Crippen molar-refractivity contribution in [3.63, 3.8) is 0 Å². The van der Waals surface area contributed by atoms with E-state index in [1.54, 1.807) is 62.8 Å². The first-order chi connectivity index (χ1) is 19.9. The van der Waals surface area contributed by atoms with Crippen molar-refractivity contribution >= 4 is 46.2 Å². The summed E-state index contributed by atoms with van der Waals surface area (Å²) in [7, 11) is 3.18. The average Bonchev–Trinajstić information content (AvgIpc) is 2.98. The normalized spacial score (nSPS) is 11.2. The van der Waals surface area contributed by atoms with E-state index in [1.807, 2.05) is 36.4 Å². The van der Waals surface area contributed by atoms with Crippen LogP contribution in [0.25, 0.3) is 33.2 Å². The molecular weight excluding hydrogens is 556 g/mol. The van der Waals surface area contributed by atoms with Gasteiger partial charge in [0.05, 0.1) is 47.4 Å². The van der Waals surface area contributed by atoms with Gasteiger partial charge in [-0.3, -0.25) is 18.7 Å². The average molecular weight is 581 g/mol. The lowest BCUT2D eigenvalue weighted by Crippen LogP contribution is -2.21. The van der Waals surface area contributed by atoms with Crippen LogP contribution in [-0.4, -0.2) is 33.3 Å². The number of aromatic nitrogens is 4. The van der Waals surface area contributed by atoms with Gasteiger partial charge in [-0.1, -0.05) is 12.1 Å². The molecule has 0 spiro atoms. The highest BCUT2D eigenvalue weighted by atomic mass is 32.1. The Labute approximate surface area is 244 Å². The van der Waals surface area contributed by atoms with Crippen molar-refractivity contribution in [2.45, 2.75) is 6.42 Å². The monoisotopic (exact) mass is 580 g/mol. The fourth-order valence-corrected chi connectivity index (χ4v) is 5.51. The maximum atomic E-state index is 13.6. The summed E-state index contributed by atoms with van der Waals surface area (Å²) in [6, 6.07) is 25.6. The van der Waals surface area contributed by atoms with Crippen LogP contribution in [0.3, 0.4) is 0 Å². The van der Waals surface area contributed by atoms with E-state index in [0.717, 1.165) is 11.1 Å². The molecule has 8 nitrogen and oxygen atoms in total. The van der Waals surface area contributed by atoms with Crippen LogP contribution < -0.4 is 20.6 Å². The molecule has 10 heteroatoms. The second-order valence-electron chi connectivity index (χ2n) is 9.47. The molecule has 6 rings (SSSR count). The van der Waals surface area contributed by atoms with E-state index in [-0.39, 0.29) is 11.1 Å². The van der Waals surface area contributed by atoms with Crippen molar-refractivity contribution in [2.75, 3.05) is 14.2 Å². The smallest absolute Gasteiger partial charge is 0.266 e. The highest BCUT2D eigenvalue weighted by Crippen LogP contribution is 2.20. The Morgan fingerprint density at radius 1 is 0.610 bits per heavy atom. The minimum atomic E-state index is -0.218. The van der Waals surface area contributed by atoms with Gasteiger partial charge in [-0.05, 0) is 115 Å². The standard InChI is InChI=1S/C31H24N4O4S2/c1-38-22-9-5-20(6-10-22)34-28(36)24-16-18(3-13-26(24)32-30(34)40)15-19-4-14-27-25(17-19)29(37)35(31(41)33-27)21-7-11-23(39-2)12-8-21/h3-14,16-17H,15H2,1-2H3,(H,32,40)(H,33,41). The lowest BCUT2D eigenvalue weighted by atomic mass is 10.0. The van der Waals surface area contributed by atoms with Crippen LogP contribution in [0.4, 0.5) is 0 Å². The van der Waals surface area contributed by atoms with Gasteiger partial charge < -0.3 is 19.4 Å². The van der Waals surface area contributed by atoms with Crippen LogP contribution in [0.1, 0.15) is 11.1 Å². The molecule has 0 radical (unpaired) electrons. The van der Waals surface area contributed by atoms with E-state index >= 15 is 0 Å². The summed E-state index contributed by atoms with van der Waals surface area (Å²) in [5, 5.41) is 1.03. The molecule has 0 bridgehead atoms. The zero-order chi connectivity index (χ0) is 28.7. The number of nitrogens with one attached hydrogen (secondary N) is 2.